The molecule has 5 heteroatoms. The SMILES string of the molecule is Cc1n[nH]c(C)c1C(=O)NC(CN)CC(C)C. The van der Waals surface area contributed by atoms with Gasteiger partial charge in [0.05, 0.1) is 11.3 Å². The van der Waals surface area contributed by atoms with Crippen molar-refractivity contribution >= 4 is 5.91 Å². The van der Waals surface area contributed by atoms with E-state index in [2.05, 4.69) is 29.4 Å². The lowest BCUT2D eigenvalue weighted by Gasteiger charge is -2.18. The van der Waals surface area contributed by atoms with Gasteiger partial charge >= 0.3 is 0 Å². The van der Waals surface area contributed by atoms with E-state index in [0.717, 1.165) is 17.8 Å². The fourth-order valence-electron chi connectivity index (χ4n) is 1.93. The van der Waals surface area contributed by atoms with Gasteiger partial charge < -0.3 is 11.1 Å². The Hall–Kier alpha value is -1.36. The monoisotopic (exact) mass is 238 g/mol. The van der Waals surface area contributed by atoms with E-state index in [-0.39, 0.29) is 11.9 Å². The number of carbonyl (C=O) groups is 1. The highest BCUT2D eigenvalue weighted by atomic mass is 16.1. The number of hydrogen-bond donors (Lipinski definition) is 3. The molecular formula is C12H22N4O. The zero-order chi connectivity index (χ0) is 13.0. The molecule has 4 N–H and O–H groups in total. The third-order valence-electron chi connectivity index (χ3n) is 2.73. The molecule has 1 aromatic heterocycles. The number of aromatic nitrogens is 2. The number of aromatic amines is 1. The highest BCUT2D eigenvalue weighted by Crippen LogP contribution is 2.10. The van der Waals surface area contributed by atoms with Crippen molar-refractivity contribution < 1.29 is 4.79 Å². The lowest BCUT2D eigenvalue weighted by Crippen LogP contribution is -2.41. The van der Waals surface area contributed by atoms with E-state index in [1.165, 1.54) is 0 Å². The van der Waals surface area contributed by atoms with Crippen LogP contribution in [0.2, 0.25) is 0 Å². The van der Waals surface area contributed by atoms with Crippen LogP contribution in [0.1, 0.15) is 42.0 Å². The van der Waals surface area contributed by atoms with Crippen LogP contribution >= 0.6 is 0 Å². The number of nitrogens with one attached hydrogen (secondary N) is 2. The molecule has 5 nitrogen and oxygen atoms in total. The van der Waals surface area contributed by atoms with E-state index in [1.54, 1.807) is 0 Å². The van der Waals surface area contributed by atoms with Gasteiger partial charge in [-0.1, -0.05) is 13.8 Å². The molecule has 0 radical (unpaired) electrons. The Kier molecular flexibility index (Phi) is 4.69. The number of rotatable bonds is 5. The van der Waals surface area contributed by atoms with Gasteiger partial charge in [-0.3, -0.25) is 9.89 Å². The number of aryl methyl sites for hydroxylation is 2. The molecule has 0 aliphatic rings. The minimum atomic E-state index is -0.0927. The molecule has 0 saturated heterocycles. The van der Waals surface area contributed by atoms with E-state index < -0.39 is 0 Å². The number of nitrogens with zero attached hydrogens (tertiary/aromatic N) is 1. The summed E-state index contributed by atoms with van der Waals surface area (Å²) in [7, 11) is 0. The van der Waals surface area contributed by atoms with Crippen LogP contribution in [-0.2, 0) is 0 Å². The molecule has 1 rings (SSSR count). The third-order valence-corrected chi connectivity index (χ3v) is 2.73. The molecule has 1 amide bonds. The predicted octanol–water partition coefficient (Wildman–Crippen LogP) is 1.13. The summed E-state index contributed by atoms with van der Waals surface area (Å²) in [4.78, 5) is 12.1. The normalized spacial score (nSPS) is 12.8. The fourth-order valence-corrected chi connectivity index (χ4v) is 1.93. The summed E-state index contributed by atoms with van der Waals surface area (Å²) < 4.78 is 0. The van der Waals surface area contributed by atoms with Gasteiger partial charge in [0.1, 0.15) is 0 Å². The highest BCUT2D eigenvalue weighted by molar-refractivity contribution is 5.96. The Morgan fingerprint density at radius 3 is 2.53 bits per heavy atom. The van der Waals surface area contributed by atoms with Crippen LogP contribution in [0.15, 0.2) is 0 Å². The number of nitrogens with two attached hydrogens (primary N) is 1. The van der Waals surface area contributed by atoms with Crippen LogP contribution in [-0.4, -0.2) is 28.7 Å². The average molecular weight is 238 g/mol. The zero-order valence-corrected chi connectivity index (χ0v) is 11.0. The number of carbonyl (C=O) groups excluding carboxylic acids is 1. The molecule has 17 heavy (non-hydrogen) atoms. The van der Waals surface area contributed by atoms with Crippen LogP contribution in [0, 0.1) is 19.8 Å². The summed E-state index contributed by atoms with van der Waals surface area (Å²) in [5.41, 5.74) is 7.81. The first-order valence-corrected chi connectivity index (χ1v) is 5.98. The maximum atomic E-state index is 12.1. The molecule has 0 aliphatic carbocycles. The summed E-state index contributed by atoms with van der Waals surface area (Å²) in [5.74, 6) is 0.417. The van der Waals surface area contributed by atoms with Crippen LogP contribution < -0.4 is 11.1 Å². The Morgan fingerprint density at radius 2 is 2.12 bits per heavy atom. The molecule has 1 unspecified atom stereocenters. The standard InChI is InChI=1S/C12H22N4O/c1-7(2)5-10(6-13)14-12(17)11-8(3)15-16-9(11)4/h7,10H,5-6,13H2,1-4H3,(H,14,17)(H,15,16). The molecule has 96 valence electrons. The minimum absolute atomic E-state index is 0.0243. The molecule has 1 aromatic rings. The number of hydrogen-bond acceptors (Lipinski definition) is 3. The molecule has 1 heterocycles. The third kappa shape index (κ3) is 3.56. The quantitative estimate of drug-likeness (QED) is 0.719. The summed E-state index contributed by atoms with van der Waals surface area (Å²) in [6, 6.07) is 0.0243. The van der Waals surface area contributed by atoms with Crippen molar-refractivity contribution in [3.05, 3.63) is 17.0 Å². The van der Waals surface area contributed by atoms with Gasteiger partial charge in [-0.2, -0.15) is 5.10 Å². The highest BCUT2D eigenvalue weighted by Gasteiger charge is 2.18. The second kappa shape index (κ2) is 5.82. The van der Waals surface area contributed by atoms with Crippen molar-refractivity contribution in [2.75, 3.05) is 6.54 Å². The topological polar surface area (TPSA) is 83.8 Å². The van der Waals surface area contributed by atoms with E-state index in [9.17, 15) is 4.79 Å². The van der Waals surface area contributed by atoms with Gasteiger partial charge in [-0.15, -0.1) is 0 Å². The van der Waals surface area contributed by atoms with Gasteiger partial charge in [0.15, 0.2) is 0 Å². The molecule has 0 spiro atoms. The minimum Gasteiger partial charge on any atom is -0.348 e. The maximum absolute atomic E-state index is 12.1. The van der Waals surface area contributed by atoms with Gasteiger partial charge in [0, 0.05) is 18.3 Å². The predicted molar refractivity (Wildman–Crippen MR) is 67.8 cm³/mol. The Morgan fingerprint density at radius 1 is 1.47 bits per heavy atom. The molecule has 0 saturated carbocycles. The van der Waals surface area contributed by atoms with Gasteiger partial charge in [-0.25, -0.2) is 0 Å². The summed E-state index contributed by atoms with van der Waals surface area (Å²) in [6.07, 6.45) is 0.887. The largest absolute Gasteiger partial charge is 0.348 e. The summed E-state index contributed by atoms with van der Waals surface area (Å²) >= 11 is 0. The van der Waals surface area contributed by atoms with E-state index in [4.69, 9.17) is 5.73 Å². The van der Waals surface area contributed by atoms with Crippen molar-refractivity contribution in [2.24, 2.45) is 11.7 Å². The van der Waals surface area contributed by atoms with Crippen LogP contribution in [0.4, 0.5) is 0 Å². The lowest BCUT2D eigenvalue weighted by atomic mass is 10.0. The number of amides is 1. The first-order chi connectivity index (χ1) is 7.95. The summed E-state index contributed by atoms with van der Waals surface area (Å²) in [5, 5.41) is 9.78. The Bertz CT molecular complexity index is 364. The Labute approximate surface area is 102 Å². The van der Waals surface area contributed by atoms with Crippen molar-refractivity contribution in [1.29, 1.82) is 0 Å². The molecule has 0 fully saturated rings. The molecular weight excluding hydrogens is 216 g/mol. The van der Waals surface area contributed by atoms with Crippen molar-refractivity contribution in [3.8, 4) is 0 Å². The van der Waals surface area contributed by atoms with E-state index >= 15 is 0 Å². The second-order valence-electron chi connectivity index (χ2n) is 4.84. The Balaban J connectivity index is 2.71. The molecule has 0 bridgehead atoms. The second-order valence-corrected chi connectivity index (χ2v) is 4.84. The molecule has 1 atom stereocenters. The number of H-pyrrole nitrogens is 1. The lowest BCUT2D eigenvalue weighted by molar-refractivity contribution is 0.0932. The zero-order valence-electron chi connectivity index (χ0n) is 11.0. The van der Waals surface area contributed by atoms with Crippen LogP contribution in [0.25, 0.3) is 0 Å². The van der Waals surface area contributed by atoms with E-state index in [0.29, 0.717) is 18.0 Å². The molecule has 0 aromatic carbocycles. The summed E-state index contributed by atoms with van der Waals surface area (Å²) in [6.45, 7) is 8.35. The molecule has 0 aliphatic heterocycles. The first-order valence-electron chi connectivity index (χ1n) is 5.98. The first kappa shape index (κ1) is 13.7. The smallest absolute Gasteiger partial charge is 0.255 e. The van der Waals surface area contributed by atoms with Gasteiger partial charge in [0.2, 0.25) is 0 Å². The van der Waals surface area contributed by atoms with Gasteiger partial charge in [0.25, 0.3) is 5.91 Å². The maximum Gasteiger partial charge on any atom is 0.255 e. The average Bonchev–Trinajstić information content (AvgIpc) is 2.56. The van der Waals surface area contributed by atoms with Crippen molar-refractivity contribution in [3.63, 3.8) is 0 Å². The van der Waals surface area contributed by atoms with Gasteiger partial charge in [-0.05, 0) is 26.2 Å². The van der Waals surface area contributed by atoms with Crippen LogP contribution in [0.5, 0.6) is 0 Å². The fraction of sp³-hybridized carbons (Fsp3) is 0.667. The van der Waals surface area contributed by atoms with Crippen molar-refractivity contribution in [1.82, 2.24) is 15.5 Å². The van der Waals surface area contributed by atoms with Crippen molar-refractivity contribution in [2.45, 2.75) is 40.2 Å². The van der Waals surface area contributed by atoms with Crippen LogP contribution in [0.3, 0.4) is 0 Å². The van der Waals surface area contributed by atoms with E-state index in [1.807, 2.05) is 13.8 Å².